The molecule has 0 atom stereocenters. The van der Waals surface area contributed by atoms with Crippen molar-refractivity contribution >= 4 is 65.3 Å². The fraction of sp³-hybridized carbons (Fsp3) is 0. The average molecular weight is 129 g/mol. The van der Waals surface area contributed by atoms with Crippen LogP contribution in [0, 0.1) is 0 Å². The fourth-order valence-electron chi connectivity index (χ4n) is 0. The molecule has 2 N–H and O–H groups in total. The van der Waals surface area contributed by atoms with Crippen LogP contribution in [0.25, 0.3) is 0 Å². The molecule has 0 saturated carbocycles. The first-order valence-corrected chi connectivity index (χ1v) is 0.887. The summed E-state index contributed by atoms with van der Waals surface area (Å²) in [4.78, 5) is 8.56. The Hall–Kier alpha value is 0.771. The Morgan fingerprint density at radius 1 is 1.29 bits per heavy atom. The molecule has 35 valence electrons. The van der Waals surface area contributed by atoms with E-state index in [0.717, 1.165) is 0 Å². The molecule has 0 saturated heterocycles. The Morgan fingerprint density at radius 3 is 1.29 bits per heavy atom. The van der Waals surface area contributed by atoms with Gasteiger partial charge in [-0.1, -0.05) is 0 Å². The normalized spacial score (nSPS) is 3.86. The van der Waals surface area contributed by atoms with Gasteiger partial charge in [0.15, 0.2) is 0 Å². The summed E-state index contributed by atoms with van der Waals surface area (Å²) in [6, 6.07) is 0. The molecule has 6 heteroatoms. The molecule has 0 aromatic heterocycles. The first-order chi connectivity index (χ1) is 2.73. The summed E-state index contributed by atoms with van der Waals surface area (Å²) in [5, 5.41) is 13.9. The number of rotatable bonds is 0. The summed E-state index contributed by atoms with van der Waals surface area (Å²) in [6.45, 7) is 0. The van der Waals surface area contributed by atoms with E-state index < -0.39 is 6.16 Å². The third-order valence-electron chi connectivity index (χ3n) is 0. The van der Waals surface area contributed by atoms with Crippen molar-refractivity contribution in [1.82, 2.24) is 0 Å². The summed E-state index contributed by atoms with van der Waals surface area (Å²) in [5.74, 6) is 0. The van der Waals surface area contributed by atoms with Gasteiger partial charge in [0.05, 0.1) is 0 Å². The second-order valence-electron chi connectivity index (χ2n) is 0.283. The maximum atomic E-state index is 8.56. The van der Waals surface area contributed by atoms with Gasteiger partial charge in [-0.05, 0) is 0 Å². The first kappa shape index (κ1) is 15.7. The van der Waals surface area contributed by atoms with Crippen molar-refractivity contribution < 1.29 is 19.7 Å². The third-order valence-corrected chi connectivity index (χ3v) is 0. The zero-order chi connectivity index (χ0) is 5.58. The van der Waals surface area contributed by atoms with Crippen molar-refractivity contribution in [1.29, 1.82) is 0 Å². The van der Waals surface area contributed by atoms with Gasteiger partial charge in [0.1, 0.15) is 0 Å². The van der Waals surface area contributed by atoms with Gasteiger partial charge in [-0.15, -0.1) is 0 Å². The molecule has 0 bridgehead atoms. The molecule has 7 heavy (non-hydrogen) atoms. The Labute approximate surface area is 83.7 Å². The Bertz CT molecular complexity index is 43.0. The number of hydrogen-bond acceptors (Lipinski definition) is 2. The van der Waals surface area contributed by atoms with Crippen LogP contribution >= 0.6 is 0 Å². The molecule has 0 spiro atoms. The molecule has 0 aromatic rings. The predicted octanol–water partition coefficient (Wildman–Crippen LogP) is -0.926. The zero-order valence-corrected chi connectivity index (χ0v) is 2.79. The van der Waals surface area contributed by atoms with Crippen molar-refractivity contribution in [3.8, 4) is 0 Å². The topological polar surface area (TPSA) is 74.6 Å². The molecular formula is CH3BKO4. The molecule has 4 nitrogen and oxygen atoms in total. The monoisotopic (exact) mass is 129 g/mol. The van der Waals surface area contributed by atoms with E-state index in [0.29, 0.717) is 0 Å². The van der Waals surface area contributed by atoms with Crippen LogP contribution in [0.4, 0.5) is 4.79 Å². The van der Waals surface area contributed by atoms with E-state index in [2.05, 4.69) is 7.72 Å². The van der Waals surface area contributed by atoms with Gasteiger partial charge in [-0.3, -0.25) is 0 Å². The summed E-state index contributed by atoms with van der Waals surface area (Å²) in [5.41, 5.74) is 0. The minimum absolute atomic E-state index is 0. The second-order valence-corrected chi connectivity index (χ2v) is 0.283. The van der Waals surface area contributed by atoms with E-state index in [1.54, 1.807) is 0 Å². The van der Waals surface area contributed by atoms with Gasteiger partial charge >= 0.3 is 70.0 Å². The van der Waals surface area contributed by atoms with Crippen LogP contribution < -0.4 is 0 Å². The molecule has 0 amide bonds. The Balaban J connectivity index is -0.0000000480. The van der Waals surface area contributed by atoms with Gasteiger partial charge < -0.3 is 10.2 Å². The Kier molecular flexibility index (Phi) is 35.5. The molecule has 0 aliphatic carbocycles. The summed E-state index contributed by atoms with van der Waals surface area (Å²) >= 11 is 0. The molecular weight excluding hydrogens is 126 g/mol. The average Bonchev–Trinajstić information content (AvgIpc) is 1.41. The molecule has 1 radical (unpaired) electrons. The molecule has 0 aliphatic rings. The third kappa shape index (κ3) is 259. The number of carbonyl (C=O) groups is 1. The number of hydrogen-bond donors (Lipinski definition) is 2. The van der Waals surface area contributed by atoms with Crippen LogP contribution in [-0.4, -0.2) is 75.5 Å². The van der Waals surface area contributed by atoms with Crippen molar-refractivity contribution in [2.75, 3.05) is 0 Å². The van der Waals surface area contributed by atoms with Crippen LogP contribution in [0.5, 0.6) is 0 Å². The van der Waals surface area contributed by atoms with Crippen molar-refractivity contribution in [3.05, 3.63) is 0 Å². The standard InChI is InChI=1S/CH2O3.BO.K.H/c2-1(3)4;1-2;;/h(H2,2,3,4);;;. The van der Waals surface area contributed by atoms with E-state index >= 15 is 0 Å². The van der Waals surface area contributed by atoms with Crippen LogP contribution in [-0.2, 0) is 4.70 Å². The van der Waals surface area contributed by atoms with Gasteiger partial charge in [0.25, 0.3) is 0 Å². The van der Waals surface area contributed by atoms with Crippen molar-refractivity contribution in [2.24, 2.45) is 0 Å². The summed E-state index contributed by atoms with van der Waals surface area (Å²) in [6.07, 6.45) is -1.83. The first-order valence-electron chi connectivity index (χ1n) is 0.887. The zero-order valence-electron chi connectivity index (χ0n) is 2.79. The van der Waals surface area contributed by atoms with E-state index in [4.69, 9.17) is 19.7 Å². The van der Waals surface area contributed by atoms with E-state index in [-0.39, 0.29) is 51.4 Å². The van der Waals surface area contributed by atoms with E-state index in [9.17, 15) is 0 Å². The molecule has 0 heterocycles. The molecule has 0 rings (SSSR count). The quantitative estimate of drug-likeness (QED) is 0.414. The van der Waals surface area contributed by atoms with Gasteiger partial charge in [-0.25, -0.2) is 4.79 Å². The molecule has 0 fully saturated rings. The van der Waals surface area contributed by atoms with Gasteiger partial charge in [-0.2, -0.15) is 0 Å². The predicted molar refractivity (Wildman–Crippen MR) is 24.2 cm³/mol. The van der Waals surface area contributed by atoms with Crippen LogP contribution in [0.1, 0.15) is 0 Å². The van der Waals surface area contributed by atoms with Crippen LogP contribution in [0.15, 0.2) is 0 Å². The molecule has 0 aromatic carbocycles. The molecule has 0 unspecified atom stereocenters. The van der Waals surface area contributed by atoms with Gasteiger partial charge in [0.2, 0.25) is 0 Å². The van der Waals surface area contributed by atoms with Crippen molar-refractivity contribution in [2.45, 2.75) is 0 Å². The van der Waals surface area contributed by atoms with E-state index in [1.807, 2.05) is 0 Å². The summed E-state index contributed by atoms with van der Waals surface area (Å²) < 4.78 is 7.75. The number of carboxylic acid groups (broad SMARTS) is 2. The second kappa shape index (κ2) is 15.9. The fourth-order valence-corrected chi connectivity index (χ4v) is 0. The van der Waals surface area contributed by atoms with Crippen LogP contribution in [0.3, 0.4) is 0 Å². The van der Waals surface area contributed by atoms with Crippen LogP contribution in [0.2, 0.25) is 0 Å². The minimum atomic E-state index is -1.83. The summed E-state index contributed by atoms with van der Waals surface area (Å²) in [7, 11) is 3.25. The van der Waals surface area contributed by atoms with Gasteiger partial charge in [0, 0.05) is 0 Å². The maximum absolute atomic E-state index is 8.56. The Morgan fingerprint density at radius 2 is 1.29 bits per heavy atom. The van der Waals surface area contributed by atoms with Crippen molar-refractivity contribution in [3.63, 3.8) is 0 Å². The van der Waals surface area contributed by atoms with E-state index in [1.165, 1.54) is 0 Å². The SMILES string of the molecule is O=C(O)O.[B]=O.[KH]. The molecule has 0 aliphatic heterocycles.